The monoisotopic (exact) mass is 269 g/mol. The van der Waals surface area contributed by atoms with E-state index >= 15 is 0 Å². The van der Waals surface area contributed by atoms with Crippen LogP contribution in [0.2, 0.25) is 0 Å². The predicted molar refractivity (Wildman–Crippen MR) is 67.4 cm³/mol. The quantitative estimate of drug-likeness (QED) is 0.734. The fraction of sp³-hybridized carbons (Fsp3) is 0.300. The van der Waals surface area contributed by atoms with Crippen LogP contribution in [0.15, 0.2) is 29.6 Å². The molecule has 0 radical (unpaired) electrons. The molecule has 8 heteroatoms. The van der Waals surface area contributed by atoms with Gasteiger partial charge in [0, 0.05) is 31.2 Å². The van der Waals surface area contributed by atoms with E-state index in [1.807, 2.05) is 6.92 Å². The number of sulfonamides is 1. The van der Waals surface area contributed by atoms with Crippen molar-refractivity contribution in [3.63, 3.8) is 0 Å². The number of aromatic nitrogens is 3. The Labute approximate surface area is 105 Å². The smallest absolute Gasteiger partial charge is 0.263 e. The summed E-state index contributed by atoms with van der Waals surface area (Å²) in [5.74, 6) is 0. The van der Waals surface area contributed by atoms with Crippen LogP contribution in [0.5, 0.6) is 0 Å². The number of nitrogens with zero attached hydrogens (tertiary/aromatic N) is 2. The van der Waals surface area contributed by atoms with Gasteiger partial charge in [-0.1, -0.05) is 0 Å². The Balaban J connectivity index is 2.21. The summed E-state index contributed by atoms with van der Waals surface area (Å²) in [6, 6.07) is 1.51. The standard InChI is InChI=1S/C10H15N5O2S/c1-2-15-7-9(5-13-15)14-18(16,17)10-3-8(4-11)12-6-10/h3,5-7,12,14H,2,4,11H2,1H3. The lowest BCUT2D eigenvalue weighted by molar-refractivity contribution is 0.601. The largest absolute Gasteiger partial charge is 0.363 e. The van der Waals surface area contributed by atoms with Gasteiger partial charge < -0.3 is 10.7 Å². The summed E-state index contributed by atoms with van der Waals surface area (Å²) < 4.78 is 28.1. The van der Waals surface area contributed by atoms with Gasteiger partial charge in [0.1, 0.15) is 4.90 Å². The van der Waals surface area contributed by atoms with Crippen molar-refractivity contribution in [2.24, 2.45) is 5.73 Å². The minimum atomic E-state index is -3.59. The van der Waals surface area contributed by atoms with Crippen LogP contribution in [0.3, 0.4) is 0 Å². The average Bonchev–Trinajstić information content (AvgIpc) is 2.96. The molecule has 0 saturated heterocycles. The van der Waals surface area contributed by atoms with Gasteiger partial charge >= 0.3 is 0 Å². The molecule has 0 spiro atoms. The molecule has 2 aromatic heterocycles. The first-order valence-electron chi connectivity index (χ1n) is 5.48. The highest BCUT2D eigenvalue weighted by Crippen LogP contribution is 2.16. The summed E-state index contributed by atoms with van der Waals surface area (Å²) in [6.07, 6.45) is 4.51. The van der Waals surface area contributed by atoms with Gasteiger partial charge in [-0.2, -0.15) is 5.10 Å². The second kappa shape index (κ2) is 4.83. The topological polar surface area (TPSA) is 106 Å². The van der Waals surface area contributed by atoms with Crippen LogP contribution in [0.25, 0.3) is 0 Å². The molecule has 7 nitrogen and oxygen atoms in total. The first-order chi connectivity index (χ1) is 8.55. The number of nitrogens with one attached hydrogen (secondary N) is 2. The fourth-order valence-corrected chi connectivity index (χ4v) is 2.54. The Bertz CT molecular complexity index is 628. The SMILES string of the molecule is CCn1cc(NS(=O)(=O)c2c[nH]c(CN)c2)cn1. The van der Waals surface area contributed by atoms with Gasteiger partial charge in [0.25, 0.3) is 10.0 Å². The molecule has 0 aliphatic heterocycles. The van der Waals surface area contributed by atoms with Crippen LogP contribution >= 0.6 is 0 Å². The van der Waals surface area contributed by atoms with Crippen molar-refractivity contribution in [2.45, 2.75) is 24.9 Å². The van der Waals surface area contributed by atoms with Crippen molar-refractivity contribution in [3.8, 4) is 0 Å². The zero-order chi connectivity index (χ0) is 13.2. The van der Waals surface area contributed by atoms with Crippen molar-refractivity contribution in [2.75, 3.05) is 4.72 Å². The van der Waals surface area contributed by atoms with E-state index in [-0.39, 0.29) is 11.4 Å². The third kappa shape index (κ3) is 2.54. The van der Waals surface area contributed by atoms with Gasteiger partial charge in [0.05, 0.1) is 11.9 Å². The van der Waals surface area contributed by atoms with Crippen LogP contribution in [-0.2, 0) is 23.1 Å². The normalized spacial score (nSPS) is 11.7. The Morgan fingerprint density at radius 3 is 2.89 bits per heavy atom. The number of nitrogens with two attached hydrogens (primary N) is 1. The van der Waals surface area contributed by atoms with Gasteiger partial charge in [-0.05, 0) is 13.0 Å². The number of H-pyrrole nitrogens is 1. The van der Waals surface area contributed by atoms with Crippen molar-refractivity contribution >= 4 is 15.7 Å². The Morgan fingerprint density at radius 1 is 1.56 bits per heavy atom. The molecule has 0 saturated carbocycles. The van der Waals surface area contributed by atoms with E-state index in [9.17, 15) is 8.42 Å². The molecular weight excluding hydrogens is 254 g/mol. The lowest BCUT2D eigenvalue weighted by Gasteiger charge is -2.02. The summed E-state index contributed by atoms with van der Waals surface area (Å²) >= 11 is 0. The molecule has 18 heavy (non-hydrogen) atoms. The molecule has 0 aromatic carbocycles. The molecule has 0 aliphatic rings. The number of anilines is 1. The summed E-state index contributed by atoms with van der Waals surface area (Å²) in [6.45, 7) is 2.87. The number of aryl methyl sites for hydroxylation is 1. The van der Waals surface area contributed by atoms with Gasteiger partial charge in [0.2, 0.25) is 0 Å². The van der Waals surface area contributed by atoms with Crippen molar-refractivity contribution < 1.29 is 8.42 Å². The van der Waals surface area contributed by atoms with Crippen LogP contribution in [0, 0.1) is 0 Å². The predicted octanol–water partition coefficient (Wildman–Crippen LogP) is 0.491. The Morgan fingerprint density at radius 2 is 2.33 bits per heavy atom. The fourth-order valence-electron chi connectivity index (χ4n) is 1.50. The molecule has 98 valence electrons. The molecule has 0 bridgehead atoms. The Hall–Kier alpha value is -1.80. The second-order valence-corrected chi connectivity index (χ2v) is 5.44. The second-order valence-electron chi connectivity index (χ2n) is 3.75. The average molecular weight is 269 g/mol. The molecule has 4 N–H and O–H groups in total. The van der Waals surface area contributed by atoms with E-state index in [2.05, 4.69) is 14.8 Å². The van der Waals surface area contributed by atoms with E-state index < -0.39 is 10.0 Å². The first kappa shape index (κ1) is 12.7. The van der Waals surface area contributed by atoms with Gasteiger partial charge in [-0.25, -0.2) is 8.42 Å². The van der Waals surface area contributed by atoms with Crippen LogP contribution in [0.4, 0.5) is 5.69 Å². The maximum atomic E-state index is 12.0. The maximum Gasteiger partial charge on any atom is 0.263 e. The van der Waals surface area contributed by atoms with Crippen molar-refractivity contribution in [3.05, 3.63) is 30.4 Å². The molecule has 0 amide bonds. The van der Waals surface area contributed by atoms with E-state index in [1.165, 1.54) is 18.5 Å². The number of aromatic amines is 1. The van der Waals surface area contributed by atoms with Crippen LogP contribution in [0.1, 0.15) is 12.6 Å². The van der Waals surface area contributed by atoms with Gasteiger partial charge in [0.15, 0.2) is 0 Å². The molecular formula is C10H15N5O2S. The number of hydrogen-bond donors (Lipinski definition) is 3. The molecule has 0 atom stereocenters. The highest BCUT2D eigenvalue weighted by molar-refractivity contribution is 7.92. The van der Waals surface area contributed by atoms with Crippen molar-refractivity contribution in [1.29, 1.82) is 0 Å². The molecule has 2 heterocycles. The van der Waals surface area contributed by atoms with Crippen LogP contribution in [-0.4, -0.2) is 23.2 Å². The third-order valence-corrected chi connectivity index (χ3v) is 3.82. The van der Waals surface area contributed by atoms with E-state index in [0.29, 0.717) is 17.9 Å². The molecule has 2 rings (SSSR count). The highest BCUT2D eigenvalue weighted by atomic mass is 32.2. The van der Waals surface area contributed by atoms with Gasteiger partial charge in [-0.3, -0.25) is 9.40 Å². The minimum Gasteiger partial charge on any atom is -0.363 e. The summed E-state index contributed by atoms with van der Waals surface area (Å²) in [5, 5.41) is 4.00. The Kier molecular flexibility index (Phi) is 3.39. The summed E-state index contributed by atoms with van der Waals surface area (Å²) in [7, 11) is -3.59. The lowest BCUT2D eigenvalue weighted by atomic mass is 10.4. The summed E-state index contributed by atoms with van der Waals surface area (Å²) in [5.41, 5.74) is 6.52. The van der Waals surface area contributed by atoms with E-state index in [1.54, 1.807) is 10.9 Å². The zero-order valence-corrected chi connectivity index (χ0v) is 10.7. The molecule has 0 fully saturated rings. The number of rotatable bonds is 5. The molecule has 0 aliphatic carbocycles. The van der Waals surface area contributed by atoms with Gasteiger partial charge in [-0.15, -0.1) is 0 Å². The van der Waals surface area contributed by atoms with Crippen LogP contribution < -0.4 is 10.5 Å². The van der Waals surface area contributed by atoms with E-state index in [0.717, 1.165) is 0 Å². The van der Waals surface area contributed by atoms with Crippen molar-refractivity contribution in [1.82, 2.24) is 14.8 Å². The molecule has 2 aromatic rings. The first-order valence-corrected chi connectivity index (χ1v) is 6.96. The lowest BCUT2D eigenvalue weighted by Crippen LogP contribution is -2.11. The number of hydrogen-bond acceptors (Lipinski definition) is 4. The highest BCUT2D eigenvalue weighted by Gasteiger charge is 2.16. The summed E-state index contributed by atoms with van der Waals surface area (Å²) in [4.78, 5) is 2.96. The maximum absolute atomic E-state index is 12.0. The molecule has 0 unspecified atom stereocenters. The minimum absolute atomic E-state index is 0.159. The van der Waals surface area contributed by atoms with E-state index in [4.69, 9.17) is 5.73 Å². The third-order valence-electron chi connectivity index (χ3n) is 2.46. The zero-order valence-electron chi connectivity index (χ0n) is 9.92.